The lowest BCUT2D eigenvalue weighted by Gasteiger charge is -2.30. The van der Waals surface area contributed by atoms with Crippen molar-refractivity contribution in [2.24, 2.45) is 0 Å². The first-order chi connectivity index (χ1) is 10.1. The van der Waals surface area contributed by atoms with Gasteiger partial charge in [0.05, 0.1) is 26.0 Å². The molecule has 8 heteroatoms. The van der Waals surface area contributed by atoms with E-state index in [1.54, 1.807) is 6.92 Å². The molecule has 2 rings (SSSR count). The Morgan fingerprint density at radius 3 is 3.10 bits per heavy atom. The Morgan fingerprint density at radius 1 is 1.57 bits per heavy atom. The number of esters is 2. The molecule has 0 bridgehead atoms. The van der Waals surface area contributed by atoms with E-state index in [-0.39, 0.29) is 5.97 Å². The quantitative estimate of drug-likeness (QED) is 0.740. The fourth-order valence-corrected chi connectivity index (χ4v) is 2.72. The van der Waals surface area contributed by atoms with E-state index < -0.39 is 12.1 Å². The molecule has 0 amide bonds. The van der Waals surface area contributed by atoms with Crippen molar-refractivity contribution in [3.8, 4) is 0 Å². The Hall–Kier alpha value is -1.51. The maximum Gasteiger partial charge on any atom is 0.367 e. The number of thiazole rings is 1. The topological polar surface area (TPSA) is 78.0 Å². The van der Waals surface area contributed by atoms with Crippen molar-refractivity contribution in [3.63, 3.8) is 0 Å². The first-order valence-electron chi connectivity index (χ1n) is 6.67. The summed E-state index contributed by atoms with van der Waals surface area (Å²) in [5.74, 6) is -0.770. The molecule has 7 nitrogen and oxygen atoms in total. The maximum atomic E-state index is 11.6. The Bertz CT molecular complexity index is 505. The molecular weight excluding hydrogens is 296 g/mol. The Labute approximate surface area is 126 Å². The van der Waals surface area contributed by atoms with Gasteiger partial charge in [-0.15, -0.1) is 11.3 Å². The van der Waals surface area contributed by atoms with E-state index in [0.717, 1.165) is 5.69 Å². The van der Waals surface area contributed by atoms with Crippen LogP contribution in [0.15, 0.2) is 5.38 Å². The van der Waals surface area contributed by atoms with Gasteiger partial charge in [0.1, 0.15) is 0 Å². The largest absolute Gasteiger partial charge is 0.467 e. The number of nitrogens with zero attached hydrogens (tertiary/aromatic N) is 2. The molecule has 1 aliphatic heterocycles. The number of hydrogen-bond donors (Lipinski definition) is 0. The molecule has 1 atom stereocenters. The molecule has 1 aromatic heterocycles. The first kappa shape index (κ1) is 15.9. The van der Waals surface area contributed by atoms with Crippen molar-refractivity contribution in [2.75, 3.05) is 33.4 Å². The van der Waals surface area contributed by atoms with Crippen molar-refractivity contribution < 1.29 is 23.8 Å². The fraction of sp³-hybridized carbons (Fsp3) is 0.615. The zero-order chi connectivity index (χ0) is 15.2. The van der Waals surface area contributed by atoms with Gasteiger partial charge in [0.25, 0.3) is 0 Å². The van der Waals surface area contributed by atoms with Gasteiger partial charge in [0, 0.05) is 25.0 Å². The van der Waals surface area contributed by atoms with Gasteiger partial charge in [0.2, 0.25) is 5.01 Å². The number of aromatic nitrogens is 1. The SMILES string of the molecule is CCOC(=O)c1nc(CN2CCOC(C(=O)OC)C2)cs1. The summed E-state index contributed by atoms with van der Waals surface area (Å²) in [5, 5.41) is 2.18. The second-order valence-electron chi connectivity index (χ2n) is 4.48. The molecule has 1 aromatic rings. The van der Waals surface area contributed by atoms with E-state index in [1.165, 1.54) is 18.4 Å². The minimum absolute atomic E-state index is 0.331. The average Bonchev–Trinajstić information content (AvgIpc) is 2.95. The van der Waals surface area contributed by atoms with Crippen LogP contribution in [-0.2, 0) is 25.5 Å². The minimum atomic E-state index is -0.563. The van der Waals surface area contributed by atoms with Gasteiger partial charge < -0.3 is 14.2 Å². The van der Waals surface area contributed by atoms with Crippen LogP contribution in [0, 0.1) is 0 Å². The van der Waals surface area contributed by atoms with Crippen LogP contribution >= 0.6 is 11.3 Å². The molecule has 0 spiro atoms. The van der Waals surface area contributed by atoms with Crippen LogP contribution < -0.4 is 0 Å². The van der Waals surface area contributed by atoms with Gasteiger partial charge in [0.15, 0.2) is 6.10 Å². The third-order valence-electron chi connectivity index (χ3n) is 3.00. The summed E-state index contributed by atoms with van der Waals surface area (Å²) < 4.78 is 15.0. The predicted octanol–water partition coefficient (Wildman–Crippen LogP) is 0.694. The highest BCUT2D eigenvalue weighted by atomic mass is 32.1. The van der Waals surface area contributed by atoms with Crippen molar-refractivity contribution in [3.05, 3.63) is 16.1 Å². The lowest BCUT2D eigenvalue weighted by Crippen LogP contribution is -2.46. The third kappa shape index (κ3) is 4.23. The number of carbonyl (C=O) groups is 2. The zero-order valence-corrected chi connectivity index (χ0v) is 12.9. The van der Waals surface area contributed by atoms with Gasteiger partial charge in [-0.1, -0.05) is 0 Å². The number of rotatable bonds is 5. The van der Waals surface area contributed by atoms with E-state index in [0.29, 0.717) is 37.9 Å². The standard InChI is InChI=1S/C13H18N2O5S/c1-3-19-13(17)11-14-9(8-21-11)6-15-4-5-20-10(7-15)12(16)18-2/h8,10H,3-7H2,1-2H3. The lowest BCUT2D eigenvalue weighted by molar-refractivity contribution is -0.160. The van der Waals surface area contributed by atoms with Gasteiger partial charge in [-0.2, -0.15) is 0 Å². The highest BCUT2D eigenvalue weighted by Gasteiger charge is 2.27. The predicted molar refractivity (Wildman–Crippen MR) is 75.1 cm³/mol. The van der Waals surface area contributed by atoms with Crippen LogP contribution in [0.25, 0.3) is 0 Å². The normalized spacial score (nSPS) is 19.2. The van der Waals surface area contributed by atoms with Crippen LogP contribution in [0.4, 0.5) is 0 Å². The van der Waals surface area contributed by atoms with Crippen molar-refractivity contribution in [1.29, 1.82) is 0 Å². The van der Waals surface area contributed by atoms with Gasteiger partial charge in [-0.05, 0) is 6.92 Å². The fourth-order valence-electron chi connectivity index (χ4n) is 2.02. The molecule has 21 heavy (non-hydrogen) atoms. The summed E-state index contributed by atoms with van der Waals surface area (Å²) in [7, 11) is 1.34. The highest BCUT2D eigenvalue weighted by molar-refractivity contribution is 7.11. The van der Waals surface area contributed by atoms with Gasteiger partial charge in [-0.3, -0.25) is 4.90 Å². The lowest BCUT2D eigenvalue weighted by atomic mass is 10.2. The summed E-state index contributed by atoms with van der Waals surface area (Å²) in [6.07, 6.45) is -0.563. The second kappa shape index (κ2) is 7.48. The van der Waals surface area contributed by atoms with E-state index in [9.17, 15) is 9.59 Å². The summed E-state index contributed by atoms with van der Waals surface area (Å²) >= 11 is 1.26. The summed E-state index contributed by atoms with van der Waals surface area (Å²) in [4.78, 5) is 29.4. The van der Waals surface area contributed by atoms with Crippen LogP contribution in [0.5, 0.6) is 0 Å². The summed E-state index contributed by atoms with van der Waals surface area (Å²) in [6.45, 7) is 4.28. The smallest absolute Gasteiger partial charge is 0.367 e. The molecule has 0 radical (unpaired) electrons. The number of carbonyl (C=O) groups excluding carboxylic acids is 2. The van der Waals surface area contributed by atoms with E-state index >= 15 is 0 Å². The molecule has 1 aliphatic rings. The first-order valence-corrected chi connectivity index (χ1v) is 7.55. The third-order valence-corrected chi connectivity index (χ3v) is 3.87. The summed E-state index contributed by atoms with van der Waals surface area (Å²) in [5.41, 5.74) is 0.786. The summed E-state index contributed by atoms with van der Waals surface area (Å²) in [6, 6.07) is 0. The molecule has 1 saturated heterocycles. The van der Waals surface area contributed by atoms with Crippen LogP contribution in [0.3, 0.4) is 0 Å². The average molecular weight is 314 g/mol. The second-order valence-corrected chi connectivity index (χ2v) is 5.34. The molecule has 2 heterocycles. The Morgan fingerprint density at radius 2 is 2.38 bits per heavy atom. The maximum absolute atomic E-state index is 11.6. The number of methoxy groups -OCH3 is 1. The van der Waals surface area contributed by atoms with Crippen molar-refractivity contribution in [1.82, 2.24) is 9.88 Å². The molecule has 0 aliphatic carbocycles. The van der Waals surface area contributed by atoms with E-state index in [2.05, 4.69) is 14.6 Å². The van der Waals surface area contributed by atoms with E-state index in [4.69, 9.17) is 9.47 Å². The molecule has 0 saturated carbocycles. The van der Waals surface area contributed by atoms with E-state index in [1.807, 2.05) is 5.38 Å². The number of hydrogen-bond acceptors (Lipinski definition) is 8. The molecule has 1 unspecified atom stereocenters. The number of ether oxygens (including phenoxy) is 3. The Balaban J connectivity index is 1.92. The van der Waals surface area contributed by atoms with Crippen LogP contribution in [0.2, 0.25) is 0 Å². The molecule has 0 aromatic carbocycles. The Kier molecular flexibility index (Phi) is 5.66. The molecular formula is C13H18N2O5S. The van der Waals surface area contributed by atoms with Crippen LogP contribution in [-0.4, -0.2) is 61.3 Å². The van der Waals surface area contributed by atoms with Gasteiger partial charge >= 0.3 is 11.9 Å². The van der Waals surface area contributed by atoms with Crippen LogP contribution in [0.1, 0.15) is 22.4 Å². The number of morpholine rings is 1. The molecule has 0 N–H and O–H groups in total. The molecule has 1 fully saturated rings. The minimum Gasteiger partial charge on any atom is -0.467 e. The highest BCUT2D eigenvalue weighted by Crippen LogP contribution is 2.15. The van der Waals surface area contributed by atoms with Crippen molar-refractivity contribution >= 4 is 23.3 Å². The molecule has 116 valence electrons. The van der Waals surface area contributed by atoms with Gasteiger partial charge in [-0.25, -0.2) is 14.6 Å². The zero-order valence-electron chi connectivity index (χ0n) is 12.0. The van der Waals surface area contributed by atoms with Crippen molar-refractivity contribution in [2.45, 2.75) is 19.6 Å². The monoisotopic (exact) mass is 314 g/mol.